The molecule has 2 aromatic heterocycles. The number of halogens is 1. The summed E-state index contributed by atoms with van der Waals surface area (Å²) < 4.78 is 5.77. The molecule has 0 fully saturated rings. The van der Waals surface area contributed by atoms with Crippen LogP contribution in [0, 0.1) is 6.92 Å². The molecule has 0 radical (unpaired) electrons. The molecular weight excluding hydrogens is 460 g/mol. The van der Waals surface area contributed by atoms with E-state index in [1.807, 2.05) is 19.2 Å². The Bertz CT molecular complexity index is 1330. The van der Waals surface area contributed by atoms with Gasteiger partial charge in [0.25, 0.3) is 11.5 Å². The Balaban J connectivity index is 1.48. The molecule has 0 atom stereocenters. The van der Waals surface area contributed by atoms with Gasteiger partial charge in [-0.3, -0.25) is 9.59 Å². The maximum absolute atomic E-state index is 13.2. The zero-order valence-corrected chi connectivity index (χ0v) is 19.9. The van der Waals surface area contributed by atoms with Crippen molar-refractivity contribution in [3.05, 3.63) is 85.3 Å². The molecule has 0 saturated carbocycles. The summed E-state index contributed by atoms with van der Waals surface area (Å²) in [6, 6.07) is 12.0. The summed E-state index contributed by atoms with van der Waals surface area (Å²) in [4.78, 5) is 38.9. The number of carbonyl (C=O) groups is 1. The van der Waals surface area contributed by atoms with Gasteiger partial charge in [0.05, 0.1) is 28.1 Å². The molecule has 9 heteroatoms. The molecule has 0 unspecified atom stereocenters. The van der Waals surface area contributed by atoms with Gasteiger partial charge in [0.15, 0.2) is 0 Å². The second-order valence-electron chi connectivity index (χ2n) is 7.57. The van der Waals surface area contributed by atoms with E-state index in [2.05, 4.69) is 15.0 Å². The van der Waals surface area contributed by atoms with E-state index in [1.54, 1.807) is 58.7 Å². The Morgan fingerprint density at radius 3 is 2.67 bits per heavy atom. The average Bonchev–Trinajstić information content (AvgIpc) is 3.22. The number of benzene rings is 2. The van der Waals surface area contributed by atoms with Gasteiger partial charge in [0.1, 0.15) is 18.2 Å². The van der Waals surface area contributed by atoms with E-state index in [9.17, 15) is 9.59 Å². The van der Waals surface area contributed by atoms with Crippen molar-refractivity contribution in [1.82, 2.24) is 19.9 Å². The Labute approximate surface area is 200 Å². The van der Waals surface area contributed by atoms with Gasteiger partial charge in [-0.05, 0) is 55.8 Å². The number of nitrogens with one attached hydrogen (secondary N) is 1. The van der Waals surface area contributed by atoms with Crippen molar-refractivity contribution in [2.24, 2.45) is 0 Å². The molecule has 0 aliphatic rings. The Morgan fingerprint density at radius 2 is 1.97 bits per heavy atom. The lowest BCUT2D eigenvalue weighted by Crippen LogP contribution is -2.32. The van der Waals surface area contributed by atoms with Gasteiger partial charge in [-0.15, -0.1) is 11.3 Å². The minimum absolute atomic E-state index is 0.146. The minimum atomic E-state index is -0.257. The van der Waals surface area contributed by atoms with Crippen LogP contribution in [0.2, 0.25) is 5.02 Å². The highest BCUT2D eigenvalue weighted by Crippen LogP contribution is 2.18. The number of thiazole rings is 1. The molecule has 170 valence electrons. The number of carbonyl (C=O) groups excluding carboxylic acids is 1. The third-order valence-corrected chi connectivity index (χ3v) is 6.05. The van der Waals surface area contributed by atoms with Gasteiger partial charge in [0.2, 0.25) is 0 Å². The maximum atomic E-state index is 13.2. The highest BCUT2D eigenvalue weighted by atomic mass is 35.5. The van der Waals surface area contributed by atoms with E-state index in [4.69, 9.17) is 16.3 Å². The molecule has 7 nitrogen and oxygen atoms in total. The fourth-order valence-corrected chi connectivity index (χ4v) is 4.21. The van der Waals surface area contributed by atoms with Crippen LogP contribution in [-0.2, 0) is 13.2 Å². The largest absolute Gasteiger partial charge is 0.487 e. The van der Waals surface area contributed by atoms with Crippen LogP contribution in [0.15, 0.2) is 52.6 Å². The number of aromatic amines is 1. The number of fused-ring (bicyclic) bond motifs is 1. The number of rotatable bonds is 8. The van der Waals surface area contributed by atoms with Crippen molar-refractivity contribution in [2.75, 3.05) is 6.54 Å². The molecule has 4 rings (SSSR count). The van der Waals surface area contributed by atoms with Gasteiger partial charge in [-0.2, -0.15) is 0 Å². The Kier molecular flexibility index (Phi) is 7.05. The number of nitrogens with zero attached hydrogens (tertiary/aromatic N) is 3. The van der Waals surface area contributed by atoms with Crippen LogP contribution in [0.4, 0.5) is 0 Å². The zero-order valence-electron chi connectivity index (χ0n) is 18.3. The fraction of sp³-hybridized carbons (Fsp3) is 0.250. The van der Waals surface area contributed by atoms with E-state index < -0.39 is 0 Å². The summed E-state index contributed by atoms with van der Waals surface area (Å²) in [5.41, 5.74) is 1.66. The van der Waals surface area contributed by atoms with Gasteiger partial charge in [-0.1, -0.05) is 18.5 Å². The highest BCUT2D eigenvalue weighted by molar-refractivity contribution is 7.09. The number of ether oxygens (including phenoxy) is 1. The van der Waals surface area contributed by atoms with E-state index in [-0.39, 0.29) is 18.0 Å². The predicted molar refractivity (Wildman–Crippen MR) is 130 cm³/mol. The molecule has 0 aliphatic heterocycles. The zero-order chi connectivity index (χ0) is 23.4. The fourth-order valence-electron chi connectivity index (χ4n) is 3.45. The number of aromatic nitrogens is 3. The SMILES string of the molecule is CCCN(Cc1nc2cc(Cl)ccc2c(=O)[nH]1)C(=O)c1ccc(OCc2csc(C)n2)cc1. The van der Waals surface area contributed by atoms with Crippen LogP contribution < -0.4 is 10.3 Å². The first kappa shape index (κ1) is 22.9. The van der Waals surface area contributed by atoms with E-state index >= 15 is 0 Å². The summed E-state index contributed by atoms with van der Waals surface area (Å²) in [7, 11) is 0. The van der Waals surface area contributed by atoms with Crippen LogP contribution in [0.1, 0.15) is 40.2 Å². The first-order chi connectivity index (χ1) is 15.9. The molecule has 33 heavy (non-hydrogen) atoms. The number of hydrogen-bond acceptors (Lipinski definition) is 6. The molecule has 2 heterocycles. The molecule has 0 bridgehead atoms. The normalized spacial score (nSPS) is 11.0. The van der Waals surface area contributed by atoms with Crippen molar-refractivity contribution in [3.63, 3.8) is 0 Å². The van der Waals surface area contributed by atoms with Crippen molar-refractivity contribution in [2.45, 2.75) is 33.4 Å². The summed E-state index contributed by atoms with van der Waals surface area (Å²) in [5.74, 6) is 0.930. The molecule has 1 N–H and O–H groups in total. The van der Waals surface area contributed by atoms with E-state index in [1.165, 1.54) is 0 Å². The summed E-state index contributed by atoms with van der Waals surface area (Å²) in [5, 5.41) is 3.92. The van der Waals surface area contributed by atoms with Crippen molar-refractivity contribution >= 4 is 39.7 Å². The van der Waals surface area contributed by atoms with E-state index in [0.29, 0.717) is 46.2 Å². The molecule has 0 saturated heterocycles. The predicted octanol–water partition coefficient (Wildman–Crippen LogP) is 4.97. The molecule has 0 aliphatic carbocycles. The first-order valence-electron chi connectivity index (χ1n) is 10.5. The van der Waals surface area contributed by atoms with Crippen LogP contribution >= 0.6 is 22.9 Å². The molecule has 2 aromatic carbocycles. The van der Waals surface area contributed by atoms with E-state index in [0.717, 1.165) is 17.1 Å². The topological polar surface area (TPSA) is 88.2 Å². The standard InChI is InChI=1S/C24H23ClN4O3S/c1-3-10-29(12-22-27-21-11-17(25)6-9-20(21)23(30)28-22)24(31)16-4-7-19(8-5-16)32-13-18-14-33-15(2)26-18/h4-9,11,14H,3,10,12-13H2,1-2H3,(H,27,28,30). The number of amides is 1. The number of H-pyrrole nitrogens is 1. The molecular formula is C24H23ClN4O3S. The first-order valence-corrected chi connectivity index (χ1v) is 11.8. The van der Waals surface area contributed by atoms with Crippen molar-refractivity contribution < 1.29 is 9.53 Å². The summed E-state index contributed by atoms with van der Waals surface area (Å²) in [6.45, 7) is 5.04. The molecule has 1 amide bonds. The van der Waals surface area contributed by atoms with Crippen LogP contribution in [0.5, 0.6) is 5.75 Å². The van der Waals surface area contributed by atoms with Crippen LogP contribution in [0.3, 0.4) is 0 Å². The van der Waals surface area contributed by atoms with Gasteiger partial charge in [0, 0.05) is 22.5 Å². The van der Waals surface area contributed by atoms with Crippen LogP contribution in [0.25, 0.3) is 10.9 Å². The van der Waals surface area contributed by atoms with Gasteiger partial charge < -0.3 is 14.6 Å². The monoisotopic (exact) mass is 482 g/mol. The lowest BCUT2D eigenvalue weighted by molar-refractivity contribution is 0.0739. The lowest BCUT2D eigenvalue weighted by atomic mass is 10.2. The highest BCUT2D eigenvalue weighted by Gasteiger charge is 2.17. The smallest absolute Gasteiger partial charge is 0.258 e. The number of hydrogen-bond donors (Lipinski definition) is 1. The molecule has 0 spiro atoms. The second kappa shape index (κ2) is 10.1. The van der Waals surface area contributed by atoms with Gasteiger partial charge >= 0.3 is 0 Å². The number of aryl methyl sites for hydroxylation is 1. The summed E-state index contributed by atoms with van der Waals surface area (Å²) in [6.07, 6.45) is 0.767. The van der Waals surface area contributed by atoms with Gasteiger partial charge in [-0.25, -0.2) is 9.97 Å². The average molecular weight is 483 g/mol. The minimum Gasteiger partial charge on any atom is -0.487 e. The Morgan fingerprint density at radius 1 is 1.18 bits per heavy atom. The third kappa shape index (κ3) is 5.58. The third-order valence-electron chi connectivity index (χ3n) is 4.99. The lowest BCUT2D eigenvalue weighted by Gasteiger charge is -2.22. The quantitative estimate of drug-likeness (QED) is 0.383. The van der Waals surface area contributed by atoms with Crippen molar-refractivity contribution in [1.29, 1.82) is 0 Å². The summed E-state index contributed by atoms with van der Waals surface area (Å²) >= 11 is 7.63. The van der Waals surface area contributed by atoms with Crippen molar-refractivity contribution in [3.8, 4) is 5.75 Å². The maximum Gasteiger partial charge on any atom is 0.258 e. The van der Waals surface area contributed by atoms with Crippen LogP contribution in [-0.4, -0.2) is 32.3 Å². The molecule has 4 aromatic rings. The second-order valence-corrected chi connectivity index (χ2v) is 9.07. The Hall–Kier alpha value is -3.23.